The second-order valence-corrected chi connectivity index (χ2v) is 2.96. The van der Waals surface area contributed by atoms with Gasteiger partial charge in [-0.1, -0.05) is 6.07 Å². The molecule has 0 saturated heterocycles. The normalized spacial score (nSPS) is 8.70. The number of benzene rings is 1. The number of hydrogen-bond acceptors (Lipinski definition) is 2. The predicted molar refractivity (Wildman–Crippen MR) is 52.9 cm³/mol. The first-order valence-corrected chi connectivity index (χ1v) is 3.58. The van der Waals surface area contributed by atoms with E-state index < -0.39 is 0 Å². The van der Waals surface area contributed by atoms with E-state index >= 15 is 0 Å². The number of thiol groups is 2. The molecule has 0 saturated carbocycles. The summed E-state index contributed by atoms with van der Waals surface area (Å²) in [6.45, 7) is 2.03. The lowest BCUT2D eigenvalue weighted by atomic mass is 10.2. The highest BCUT2D eigenvalue weighted by molar-refractivity contribution is 7.83. The van der Waals surface area contributed by atoms with Crippen molar-refractivity contribution in [3.63, 3.8) is 0 Å². The van der Waals surface area contributed by atoms with E-state index in [0.717, 1.165) is 9.79 Å². The summed E-state index contributed by atoms with van der Waals surface area (Å²) >= 11 is 8.36. The highest BCUT2D eigenvalue weighted by Gasteiger charge is 1.90. The van der Waals surface area contributed by atoms with Crippen molar-refractivity contribution in [2.24, 2.45) is 0 Å². The Kier molecular flexibility index (Phi) is 4.25. The monoisotopic (exact) mass is 192 g/mol. The fourth-order valence-electron chi connectivity index (χ4n) is 0.633. The van der Waals surface area contributed by atoms with Crippen LogP contribution in [0.3, 0.4) is 0 Å². The molecule has 0 nitrogen and oxygen atoms in total. The molecule has 3 heteroatoms. The van der Waals surface area contributed by atoms with Crippen molar-refractivity contribution in [2.75, 3.05) is 0 Å². The summed E-state index contributed by atoms with van der Waals surface area (Å²) in [5.74, 6) is 0. The van der Waals surface area contributed by atoms with Gasteiger partial charge in [0.2, 0.25) is 0 Å². The Bertz CT molecular complexity index is 223. The molecule has 0 fully saturated rings. The predicted octanol–water partition coefficient (Wildman–Crippen LogP) is 2.99. The third-order valence-electron chi connectivity index (χ3n) is 1.13. The van der Waals surface area contributed by atoms with Gasteiger partial charge in [0.25, 0.3) is 0 Å². The second kappa shape index (κ2) is 4.16. The van der Waals surface area contributed by atoms with E-state index in [1.807, 2.05) is 25.1 Å². The van der Waals surface area contributed by atoms with E-state index in [4.69, 9.17) is 0 Å². The minimum absolute atomic E-state index is 0. The van der Waals surface area contributed by atoms with Gasteiger partial charge in [0.15, 0.2) is 0 Å². The summed E-state index contributed by atoms with van der Waals surface area (Å²) in [6.07, 6.45) is 0. The molecule has 0 unspecified atom stereocenters. The second-order valence-electron chi connectivity index (χ2n) is 1.99. The number of hydrogen-bond donors (Lipinski definition) is 2. The van der Waals surface area contributed by atoms with Crippen molar-refractivity contribution in [3.05, 3.63) is 23.8 Å². The quantitative estimate of drug-likeness (QED) is 0.581. The molecular weight excluding hydrogens is 184 g/mol. The maximum atomic E-state index is 4.19. The highest BCUT2D eigenvalue weighted by Crippen LogP contribution is 2.18. The zero-order chi connectivity index (χ0) is 6.85. The first-order valence-electron chi connectivity index (χ1n) is 2.69. The molecule has 0 spiro atoms. The van der Waals surface area contributed by atoms with Gasteiger partial charge in [0, 0.05) is 9.79 Å². The molecule has 0 bridgehead atoms. The van der Waals surface area contributed by atoms with Crippen molar-refractivity contribution < 1.29 is 0 Å². The summed E-state index contributed by atoms with van der Waals surface area (Å²) in [5.41, 5.74) is 1.22. The van der Waals surface area contributed by atoms with Crippen LogP contribution in [-0.2, 0) is 0 Å². The van der Waals surface area contributed by atoms with E-state index in [9.17, 15) is 0 Å². The van der Waals surface area contributed by atoms with Crippen molar-refractivity contribution >= 4 is 37.7 Å². The summed E-state index contributed by atoms with van der Waals surface area (Å²) < 4.78 is 0. The van der Waals surface area contributed by atoms with Gasteiger partial charge in [-0.05, 0) is 24.6 Å². The van der Waals surface area contributed by atoms with E-state index in [1.165, 1.54) is 5.56 Å². The molecule has 56 valence electrons. The van der Waals surface area contributed by atoms with Gasteiger partial charge in [0.05, 0.1) is 0 Å². The molecule has 0 heterocycles. The first kappa shape index (κ1) is 10.2. The standard InChI is InChI=1S/C7H8S2.ClH/c1-5-2-3-6(8)7(9)4-5;/h2-4,8-9H,1H3;1H. The zero-order valence-corrected chi connectivity index (χ0v) is 8.14. The topological polar surface area (TPSA) is 0 Å². The molecule has 1 rings (SSSR count). The molecule has 0 amide bonds. The van der Waals surface area contributed by atoms with Crippen LogP contribution in [0.2, 0.25) is 0 Å². The average Bonchev–Trinajstić information content (AvgIpc) is 1.80. The molecular formula is C7H9ClS2. The van der Waals surface area contributed by atoms with Crippen LogP contribution in [0.1, 0.15) is 5.56 Å². The molecule has 0 aliphatic carbocycles. The highest BCUT2D eigenvalue weighted by atomic mass is 35.5. The SMILES string of the molecule is Cc1ccc(S)c(S)c1.Cl. The maximum Gasteiger partial charge on any atom is 0.0176 e. The van der Waals surface area contributed by atoms with E-state index in [2.05, 4.69) is 25.3 Å². The van der Waals surface area contributed by atoms with Crippen molar-refractivity contribution in [2.45, 2.75) is 16.7 Å². The lowest BCUT2D eigenvalue weighted by Gasteiger charge is -1.96. The first-order chi connectivity index (χ1) is 4.20. The van der Waals surface area contributed by atoms with E-state index in [-0.39, 0.29) is 12.4 Å². The summed E-state index contributed by atoms with van der Waals surface area (Å²) in [6, 6.07) is 5.95. The van der Waals surface area contributed by atoms with Gasteiger partial charge in [-0.3, -0.25) is 0 Å². The Labute approximate surface area is 78.3 Å². The van der Waals surface area contributed by atoms with E-state index in [1.54, 1.807) is 0 Å². The van der Waals surface area contributed by atoms with Crippen molar-refractivity contribution in [1.29, 1.82) is 0 Å². The summed E-state index contributed by atoms with van der Waals surface area (Å²) in [7, 11) is 0. The molecule has 0 aliphatic rings. The van der Waals surface area contributed by atoms with Gasteiger partial charge in [-0.15, -0.1) is 37.7 Å². The third kappa shape index (κ3) is 2.45. The molecule has 0 atom stereocenters. The van der Waals surface area contributed by atoms with Crippen LogP contribution in [0.25, 0.3) is 0 Å². The molecule has 1 aromatic rings. The van der Waals surface area contributed by atoms with Gasteiger partial charge in [-0.2, -0.15) is 0 Å². The number of halogens is 1. The van der Waals surface area contributed by atoms with Crippen LogP contribution in [0.4, 0.5) is 0 Å². The Morgan fingerprint density at radius 1 is 1.10 bits per heavy atom. The van der Waals surface area contributed by atoms with Gasteiger partial charge in [-0.25, -0.2) is 0 Å². The Morgan fingerprint density at radius 3 is 2.10 bits per heavy atom. The van der Waals surface area contributed by atoms with Crippen LogP contribution in [0, 0.1) is 6.92 Å². The minimum Gasteiger partial charge on any atom is -0.147 e. The van der Waals surface area contributed by atoms with Crippen LogP contribution < -0.4 is 0 Å². The lowest BCUT2D eigenvalue weighted by Crippen LogP contribution is -1.73. The van der Waals surface area contributed by atoms with Gasteiger partial charge >= 0.3 is 0 Å². The van der Waals surface area contributed by atoms with Crippen LogP contribution in [0.5, 0.6) is 0 Å². The maximum absolute atomic E-state index is 4.19. The Morgan fingerprint density at radius 2 is 1.70 bits per heavy atom. The molecule has 0 aliphatic heterocycles. The summed E-state index contributed by atoms with van der Waals surface area (Å²) in [4.78, 5) is 1.88. The smallest absolute Gasteiger partial charge is 0.0176 e. The fraction of sp³-hybridized carbons (Fsp3) is 0.143. The molecule has 0 N–H and O–H groups in total. The molecule has 10 heavy (non-hydrogen) atoms. The van der Waals surface area contributed by atoms with Crippen LogP contribution >= 0.6 is 37.7 Å². The van der Waals surface area contributed by atoms with Crippen molar-refractivity contribution in [3.8, 4) is 0 Å². The van der Waals surface area contributed by atoms with Crippen LogP contribution in [-0.4, -0.2) is 0 Å². The summed E-state index contributed by atoms with van der Waals surface area (Å²) in [5, 5.41) is 0. The molecule has 1 aromatic carbocycles. The average molecular weight is 193 g/mol. The largest absolute Gasteiger partial charge is 0.147 e. The third-order valence-corrected chi connectivity index (χ3v) is 2.07. The minimum atomic E-state index is 0. The Balaban J connectivity index is 0.000000810. The van der Waals surface area contributed by atoms with Crippen molar-refractivity contribution in [1.82, 2.24) is 0 Å². The van der Waals surface area contributed by atoms with Crippen LogP contribution in [0.15, 0.2) is 28.0 Å². The van der Waals surface area contributed by atoms with Gasteiger partial charge < -0.3 is 0 Å². The van der Waals surface area contributed by atoms with Gasteiger partial charge in [0.1, 0.15) is 0 Å². The number of rotatable bonds is 0. The Hall–Kier alpha value is 0.210. The van der Waals surface area contributed by atoms with E-state index in [0.29, 0.717) is 0 Å². The number of aryl methyl sites for hydroxylation is 1. The fourth-order valence-corrected chi connectivity index (χ4v) is 1.05. The molecule has 0 radical (unpaired) electrons. The zero-order valence-electron chi connectivity index (χ0n) is 5.53. The lowest BCUT2D eigenvalue weighted by molar-refractivity contribution is 1.23. The molecule has 0 aromatic heterocycles.